The molecule has 11 aromatic rings. The number of nitrogen functional groups attached to an aromatic ring is 2. The van der Waals surface area contributed by atoms with Gasteiger partial charge in [-0.1, -0.05) is 38.7 Å². The van der Waals surface area contributed by atoms with E-state index in [9.17, 15) is 54.6 Å². The SMILES string of the molecule is C.CC(=O)Nc1cc(C)c(Br)cn1.CCOC(C)=O.CO.COC(C)N(C)C.COc1cnc(Cl)c2[nH]ccc12.COc1cnc(OC)c([N+](=O)[O-])c1/C=C/N(C)C.COc1cnc(OC)c2[nH]ccc12.COc1ncc(Br)c(/C=C/N(C)C)c1[N+](=O)[O-].COc1ncc(Br)c(C)c1[N+](=O)[O-].C[Si](C)(C)Cl.Cc1c(Br)cnc(N)c1[N+](=O)[O-].Cc1ccnc(N)c1.Cc1ncn[nH]1.Cl.O=P(Cl)(Cl)Cl. The lowest BCUT2D eigenvalue weighted by Gasteiger charge is -2.16. The quantitative estimate of drug-likeness (QED) is 0.00578. The number of ether oxygens (including phenoxy) is 9. The number of aryl methyl sites for hydroxylation is 3. The molecule has 11 aromatic heterocycles. The summed E-state index contributed by atoms with van der Waals surface area (Å²) >= 11 is 38.2. The van der Waals surface area contributed by atoms with Gasteiger partial charge in [0.1, 0.15) is 60.0 Å². The second-order valence-electron chi connectivity index (χ2n) is 27.1. The molecule has 0 aliphatic heterocycles. The molecule has 9 N–H and O–H groups in total. The van der Waals surface area contributed by atoms with Gasteiger partial charge >= 0.3 is 33.9 Å². The molecule has 0 saturated heterocycles. The standard InChI is InChI=1S/C11H15N3O4.C10H12BrN3O3.C9H10N2O2.C8H9BrN2O.C8H7ClN2O.C7H7BrN2O3.C6H6BrN3O2.C6H8N2.C5H13NO.C4H8O2.C3H9ClSi.C3H5N3.CH4O.CH4.Cl3OP.ClH/c1-13(2)6-5-8-9(17-3)7-12-11(18-4)10(8)14(15)16;1-13(2)5-4-7-8(11)6-12-10(17-3)9(7)14(15)16;1-12-7-5-11-9(13-2)8-6(7)3-4-10-8;1-5-3-8(11-6(2)12)10-4-7(5)9;1-12-6-4-11-8(9)7-5(6)2-3-10-7;1-4-5(8)3-9-7(13-2)6(4)10(11)12;1-3-4(7)2-9-6(8)5(3)10(11)12;1-5-2-3-8-6(7)4-5;1-5(7-4)6(2)3;1-3-6-4(2)5;1-5(2,3)4;1-3-4-2-5-6-3;1-2;;1-5(2,3)4;/h5-7H,1-4H3;4-6H,1-3H3;3-5,10H,1-2H3;3-4H,1-2H3,(H,10,11,12);2-4,10H,1H3;3H,1-2H3;2H,1H3,(H2,8,9);2-4H,1H3,(H2,7,8);5H,1-4H3;3H2,1-2H3;1-3H3;2H,1H3,(H,4,5,6);2H,1H3;1H4;;1H/b6-5+;5-4+;;;;;;;;;;;;;;. The molecule has 1 atom stereocenters. The number of hydrogen-bond donors (Lipinski definition) is 7. The predicted octanol–water partition coefficient (Wildman–Crippen LogP) is 21.2. The molecule has 1 amide bonds. The van der Waals surface area contributed by atoms with Crippen LogP contribution in [-0.4, -0.2) is 243 Å². The Kier molecular flexibility index (Phi) is 71.3. The number of fused-ring (bicyclic) bond motifs is 2. The molecular weight excluding hydrogens is 2230 g/mol. The van der Waals surface area contributed by atoms with Gasteiger partial charge in [0, 0.05) is 135 Å². The molecule has 0 aromatic carbocycles. The lowest BCUT2D eigenvalue weighted by molar-refractivity contribution is -0.386. The van der Waals surface area contributed by atoms with Crippen LogP contribution in [0.3, 0.4) is 0 Å². The van der Waals surface area contributed by atoms with Crippen LogP contribution in [-0.2, 0) is 23.6 Å². The van der Waals surface area contributed by atoms with Crippen molar-refractivity contribution in [3.63, 3.8) is 0 Å². The van der Waals surface area contributed by atoms with E-state index in [4.69, 9.17) is 77.1 Å². The summed E-state index contributed by atoms with van der Waals surface area (Å²) in [6.45, 7) is 22.4. The summed E-state index contributed by atoms with van der Waals surface area (Å²) in [7, 11) is 23.1. The first-order chi connectivity index (χ1) is 63.5. The van der Waals surface area contributed by atoms with E-state index >= 15 is 0 Å². The summed E-state index contributed by atoms with van der Waals surface area (Å²) in [5, 5.41) is 58.2. The fourth-order valence-electron chi connectivity index (χ4n) is 8.77. The fourth-order valence-corrected chi connectivity index (χ4v) is 10.2. The van der Waals surface area contributed by atoms with E-state index in [1.165, 1.54) is 73.4 Å². The summed E-state index contributed by atoms with van der Waals surface area (Å²) in [6.07, 6.45) is 24.4. The van der Waals surface area contributed by atoms with Crippen molar-refractivity contribution in [3.05, 3.63) is 214 Å². The van der Waals surface area contributed by atoms with Gasteiger partial charge in [-0.3, -0.25) is 64.6 Å². The van der Waals surface area contributed by atoms with Crippen LogP contribution in [0.4, 0.5) is 40.2 Å². The lowest BCUT2D eigenvalue weighted by Crippen LogP contribution is -2.25. The second-order valence-corrected chi connectivity index (χ2v) is 45.1. The van der Waals surface area contributed by atoms with Crippen LogP contribution >= 0.6 is 138 Å². The second kappa shape index (κ2) is 72.5. The van der Waals surface area contributed by atoms with Gasteiger partial charge < -0.3 is 84.3 Å². The third kappa shape index (κ3) is 55.7. The third-order valence-corrected chi connectivity index (χ3v) is 18.4. The number of H-pyrrole nitrogens is 3. The zero-order chi connectivity index (χ0) is 105. The predicted molar refractivity (Wildman–Crippen MR) is 563 cm³/mol. The van der Waals surface area contributed by atoms with Crippen molar-refractivity contribution in [1.29, 1.82) is 0 Å². The minimum atomic E-state index is -3.22. The Morgan fingerprint density at radius 2 is 0.978 bits per heavy atom. The van der Waals surface area contributed by atoms with Crippen LogP contribution < -0.4 is 49.9 Å². The maximum Gasteiger partial charge on any atom is 0.341 e. The molecule has 766 valence electrons. The number of nitrogens with zero attached hydrogens (tertiary/aromatic N) is 17. The number of nitrogens with one attached hydrogen (secondary N) is 4. The van der Waals surface area contributed by atoms with Crippen molar-refractivity contribution in [2.45, 2.75) is 95.6 Å². The Labute approximate surface area is 865 Å². The van der Waals surface area contributed by atoms with Gasteiger partial charge in [0.15, 0.2) is 10.9 Å². The number of amides is 1. The van der Waals surface area contributed by atoms with Gasteiger partial charge in [-0.2, -0.15) is 16.2 Å². The number of aromatic amines is 3. The number of hydrogen-bond acceptors (Lipinski definition) is 36. The van der Waals surface area contributed by atoms with Crippen LogP contribution in [0.15, 0.2) is 129 Å². The van der Waals surface area contributed by atoms with Crippen LogP contribution in [0.25, 0.3) is 34.0 Å². The Morgan fingerprint density at radius 3 is 1.33 bits per heavy atom. The highest BCUT2D eigenvalue weighted by Crippen LogP contribution is 2.61. The Hall–Kier alpha value is -10.8. The lowest BCUT2D eigenvalue weighted by atomic mass is 10.2. The van der Waals surface area contributed by atoms with Gasteiger partial charge in [-0.05, 0) is 226 Å². The molecule has 0 saturated carbocycles. The molecule has 11 rings (SSSR count). The number of methoxy groups -OCH3 is 8. The largest absolute Gasteiger partial charge is 0.494 e. The average molecular weight is 2350 g/mol. The third-order valence-electron chi connectivity index (χ3n) is 15.0. The first-order valence-electron chi connectivity index (χ1n) is 38.5. The summed E-state index contributed by atoms with van der Waals surface area (Å²) < 4.78 is 56.5. The molecule has 0 aliphatic rings. The maximum absolute atomic E-state index is 11.1. The number of esters is 1. The Bertz CT molecular complexity index is 5560. The average Bonchev–Trinajstić information content (AvgIpc) is 1.46. The topological polar surface area (TPSA) is 577 Å². The van der Waals surface area contributed by atoms with E-state index in [2.05, 4.69) is 192 Å². The molecule has 0 aliphatic carbocycles. The smallest absolute Gasteiger partial charge is 0.341 e. The summed E-state index contributed by atoms with van der Waals surface area (Å²) in [6, 6.07) is 9.39. The van der Waals surface area contributed by atoms with Crippen molar-refractivity contribution >= 4 is 231 Å². The number of nitrogens with two attached hydrogens (primary N) is 2. The highest BCUT2D eigenvalue weighted by molar-refractivity contribution is 9.11. The number of aliphatic hydroxyl groups is 1. The molecule has 138 heavy (non-hydrogen) atoms. The first kappa shape index (κ1) is 136. The number of nitro groups is 4. The molecular formula is C82H118Br4Cl6N23O21PSi. The monoisotopic (exact) mass is 2350 g/mol. The number of aromatic nitrogens is 13. The highest BCUT2D eigenvalue weighted by Gasteiger charge is 2.27. The normalized spacial score (nSPS) is 10.1. The molecule has 1 unspecified atom stereocenters. The maximum atomic E-state index is 11.1. The number of pyridine rings is 8. The van der Waals surface area contributed by atoms with Gasteiger partial charge in [-0.25, -0.2) is 44.9 Å². The number of aliphatic hydroxyl groups excluding tert-OH is 1. The summed E-state index contributed by atoms with van der Waals surface area (Å²) in [4.78, 5) is 108. The van der Waals surface area contributed by atoms with Gasteiger partial charge in [-0.15, -0.1) is 12.4 Å². The van der Waals surface area contributed by atoms with E-state index in [1.807, 2.05) is 111 Å². The van der Waals surface area contributed by atoms with E-state index in [0.29, 0.717) is 70.7 Å². The van der Waals surface area contributed by atoms with Crippen molar-refractivity contribution in [3.8, 4) is 40.8 Å². The van der Waals surface area contributed by atoms with E-state index < -0.39 is 32.3 Å². The number of halogens is 10. The van der Waals surface area contributed by atoms with E-state index in [0.717, 1.165) is 61.8 Å². The van der Waals surface area contributed by atoms with Crippen molar-refractivity contribution in [2.24, 2.45) is 0 Å². The molecule has 11 heterocycles. The van der Waals surface area contributed by atoms with Crippen molar-refractivity contribution < 1.29 is 81.6 Å². The fraction of sp³-hybridized carbons (Fsp3) is 0.366. The number of carbonyl (C=O) groups is 2. The molecule has 56 heteroatoms. The Balaban J connectivity index is -0.000000469. The molecule has 0 bridgehead atoms. The first-order valence-corrected chi connectivity index (χ1v) is 50.9. The van der Waals surface area contributed by atoms with Gasteiger partial charge in [0.2, 0.25) is 17.6 Å². The number of rotatable bonds is 19. The number of carbonyl (C=O) groups excluding carboxylic acids is 2. The zero-order valence-corrected chi connectivity index (χ0v) is 92.8. The summed E-state index contributed by atoms with van der Waals surface area (Å²) in [5.74, 6) is 4.03. The molecule has 44 nitrogen and oxygen atoms in total. The van der Waals surface area contributed by atoms with Crippen molar-refractivity contribution in [2.75, 3.05) is 130 Å². The van der Waals surface area contributed by atoms with Crippen LogP contribution in [0, 0.1) is 75.1 Å². The van der Waals surface area contributed by atoms with Crippen LogP contribution in [0.2, 0.25) is 24.8 Å². The zero-order valence-electron chi connectivity index (χ0n) is 80.0. The molecule has 0 radical (unpaired) electrons. The van der Waals surface area contributed by atoms with Gasteiger partial charge in [0.05, 0.1) is 110 Å². The van der Waals surface area contributed by atoms with Crippen LogP contribution in [0.1, 0.15) is 74.3 Å². The van der Waals surface area contributed by atoms with Crippen molar-refractivity contribution in [1.82, 2.24) is 79.7 Å². The van der Waals surface area contributed by atoms with E-state index in [-0.39, 0.29) is 84.1 Å². The Morgan fingerprint density at radius 1 is 0.580 bits per heavy atom. The molecule has 0 fully saturated rings. The highest BCUT2D eigenvalue weighted by atomic mass is 79.9. The van der Waals surface area contributed by atoms with Gasteiger partial charge in [0.25, 0.3) is 17.6 Å². The minimum Gasteiger partial charge on any atom is -0.494 e. The van der Waals surface area contributed by atoms with E-state index in [1.54, 1.807) is 115 Å². The molecule has 0 spiro atoms. The minimum absolute atomic E-state index is 0. The van der Waals surface area contributed by atoms with Crippen LogP contribution in [0.5, 0.6) is 40.8 Å². The summed E-state index contributed by atoms with van der Waals surface area (Å²) in [5.41, 5.74) is 15.7. The number of anilines is 3.